The van der Waals surface area contributed by atoms with Crippen LogP contribution < -0.4 is 10.7 Å². The zero-order valence-electron chi connectivity index (χ0n) is 37.6. The number of aliphatic carboxylic acids is 1. The molecule has 0 spiro atoms. The van der Waals surface area contributed by atoms with Crippen molar-refractivity contribution < 1.29 is 71.2 Å². The summed E-state index contributed by atoms with van der Waals surface area (Å²) >= 11 is 0. The third-order valence-corrected chi connectivity index (χ3v) is 16.4. The molecule has 2 heterocycles. The van der Waals surface area contributed by atoms with E-state index in [1.165, 1.54) is 84.9 Å². The summed E-state index contributed by atoms with van der Waals surface area (Å²) in [6, 6.07) is 26.0. The van der Waals surface area contributed by atoms with E-state index in [1.807, 2.05) is 4.58 Å². The number of aromatic nitrogens is 1. The minimum Gasteiger partial charge on any atom is -0.744 e. The van der Waals surface area contributed by atoms with Crippen LogP contribution in [0, 0.1) is 5.41 Å². The lowest BCUT2D eigenvalue weighted by molar-refractivity contribution is -0.452. The summed E-state index contributed by atoms with van der Waals surface area (Å²) in [6.45, 7) is 1.90. The fourth-order valence-electron chi connectivity index (χ4n) is 9.62. The molecule has 1 aliphatic heterocycles. The number of benzene rings is 6. The number of carboxylic acids is 1. The molecule has 72 heavy (non-hydrogen) atoms. The Bertz CT molecular complexity index is 4140. The molecule has 7 aromatic rings. The lowest BCUT2D eigenvalue weighted by Gasteiger charge is -2.32. The van der Waals surface area contributed by atoms with Gasteiger partial charge in [-0.1, -0.05) is 72.8 Å². The maximum atomic E-state index is 14.0. The summed E-state index contributed by atoms with van der Waals surface area (Å²) in [4.78, 5) is 25.9. The molecule has 1 unspecified atom stereocenters. The van der Waals surface area contributed by atoms with Crippen LogP contribution in [0.15, 0.2) is 164 Å². The minimum absolute atomic E-state index is 0.0659. The third-order valence-electron chi connectivity index (χ3n) is 12.8. The van der Waals surface area contributed by atoms with Crippen LogP contribution in [0.2, 0.25) is 0 Å². The first-order valence-electron chi connectivity index (χ1n) is 21.8. The fraction of sp³-hybridized carbons (Fsp3) is 0.140. The predicted molar refractivity (Wildman–Crippen MR) is 263 cm³/mol. The summed E-state index contributed by atoms with van der Waals surface area (Å²) in [5, 5.41) is 15.8. The Morgan fingerprint density at radius 3 is 1.89 bits per heavy atom. The Morgan fingerprint density at radius 2 is 1.29 bits per heavy atom. The molecule has 9 rings (SSSR count). The summed E-state index contributed by atoms with van der Waals surface area (Å²) in [5.41, 5.74) is 1.87. The number of allylic oxidation sites excluding steroid dienone is 6. The molecule has 0 fully saturated rings. The zero-order valence-corrected chi connectivity index (χ0v) is 40.9. The van der Waals surface area contributed by atoms with E-state index >= 15 is 0 Å². The number of carbonyl (C=O) groups excluding carboxylic acids is 1. The molecule has 2 aliphatic rings. The van der Waals surface area contributed by atoms with Crippen LogP contribution in [0.3, 0.4) is 0 Å². The Hall–Kier alpha value is -7.15. The van der Waals surface area contributed by atoms with Crippen LogP contribution in [0.5, 0.6) is 0 Å². The van der Waals surface area contributed by atoms with Gasteiger partial charge in [-0.05, 0) is 91.1 Å². The van der Waals surface area contributed by atoms with Crippen LogP contribution in [0.4, 0.5) is 5.69 Å². The van der Waals surface area contributed by atoms with Gasteiger partial charge in [0.15, 0.2) is 12.0 Å². The van der Waals surface area contributed by atoms with E-state index in [0.29, 0.717) is 66.3 Å². The third kappa shape index (κ3) is 9.18. The Balaban J connectivity index is 1.23. The molecule has 0 saturated carbocycles. The van der Waals surface area contributed by atoms with Gasteiger partial charge in [0.2, 0.25) is 17.3 Å². The SMILES string of the molecule is CCNC(=O)C1(C(=O)O)CC(=CC=c2c3cccc4c(S(=O)(=O)[O-])ccc(c43)n2Cc2ccc(S(=O)(=O)O)cc2)C=C(C=CC2=[N+](Cc3ccc(S(=O)(=O)O)cc3)c3ccc(S(=O)(=O)O)c4cccc2c34)C1. The van der Waals surface area contributed by atoms with E-state index in [4.69, 9.17) is 0 Å². The van der Waals surface area contributed by atoms with E-state index in [9.17, 15) is 66.6 Å². The average molecular weight is 1050 g/mol. The number of rotatable bonds is 14. The van der Waals surface area contributed by atoms with Crippen LogP contribution in [-0.4, -0.2) is 90.3 Å². The highest BCUT2D eigenvalue weighted by atomic mass is 32.2. The molecule has 22 heteroatoms. The van der Waals surface area contributed by atoms with Gasteiger partial charge in [0.05, 0.1) is 31.2 Å². The highest BCUT2D eigenvalue weighted by molar-refractivity contribution is 7.86. The lowest BCUT2D eigenvalue weighted by atomic mass is 9.71. The molecule has 6 aromatic carbocycles. The van der Waals surface area contributed by atoms with Crippen LogP contribution >= 0.6 is 0 Å². The molecule has 1 aliphatic carbocycles. The second kappa shape index (κ2) is 18.2. The topological polar surface area (TPSA) is 295 Å². The standard InChI is InChI=1S/C50H41N3O15S4/c1-2-51-48(54)50(49(55)56)26-32(13-19-40-36-5-3-7-38-44(71(63,64)65)23-21-42(46(36)38)52(40)28-30-9-15-34(16-10-30)69(57,58)59)25-33(27-50)14-20-41-37-6-4-8-39-45(72(66,67)68)24-22-43(47(37)39)53(41)29-31-11-17-35(18-12-31)70(60,61)62/h3-25H,2,26-29H2,1H3,(H5-,51,54,55,56,57,58,59,60,61,62,63,64,65,66,67,68). The molecular weight excluding hydrogens is 1010 g/mol. The second-order valence-electron chi connectivity index (χ2n) is 17.3. The summed E-state index contributed by atoms with van der Waals surface area (Å²) in [6.07, 6.45) is 7.76. The van der Waals surface area contributed by atoms with Crippen molar-refractivity contribution in [2.45, 2.75) is 52.4 Å². The largest absolute Gasteiger partial charge is 0.744 e. The van der Waals surface area contributed by atoms with Gasteiger partial charge in [0.25, 0.3) is 30.4 Å². The first kappa shape index (κ1) is 49.8. The maximum absolute atomic E-state index is 14.0. The van der Waals surface area contributed by atoms with Gasteiger partial charge < -0.3 is 19.5 Å². The van der Waals surface area contributed by atoms with Crippen molar-refractivity contribution in [3.05, 3.63) is 167 Å². The van der Waals surface area contributed by atoms with Crippen molar-refractivity contribution in [1.82, 2.24) is 9.88 Å². The van der Waals surface area contributed by atoms with Gasteiger partial charge in [-0.25, -0.2) is 8.42 Å². The average Bonchev–Trinajstić information content (AvgIpc) is 3.78. The molecule has 1 aromatic heterocycles. The maximum Gasteiger partial charge on any atom is 0.319 e. The predicted octanol–water partition coefficient (Wildman–Crippen LogP) is 5.90. The second-order valence-corrected chi connectivity index (χ2v) is 22.9. The molecular formula is C50H41N3O15S4. The van der Waals surface area contributed by atoms with Crippen molar-refractivity contribution in [1.29, 1.82) is 0 Å². The minimum atomic E-state index is -4.94. The van der Waals surface area contributed by atoms with E-state index in [-0.39, 0.29) is 57.9 Å². The van der Waals surface area contributed by atoms with Gasteiger partial charge in [-0.2, -0.15) is 29.8 Å². The smallest absolute Gasteiger partial charge is 0.319 e. The molecule has 5 N–H and O–H groups in total. The van der Waals surface area contributed by atoms with E-state index in [2.05, 4.69) is 5.32 Å². The van der Waals surface area contributed by atoms with Gasteiger partial charge in [-0.3, -0.25) is 23.2 Å². The van der Waals surface area contributed by atoms with Crippen molar-refractivity contribution >= 4 is 102 Å². The van der Waals surface area contributed by atoms with Crippen LogP contribution in [0.25, 0.3) is 38.5 Å². The van der Waals surface area contributed by atoms with Crippen molar-refractivity contribution in [2.24, 2.45) is 5.41 Å². The molecule has 1 atom stereocenters. The van der Waals surface area contributed by atoms with Crippen LogP contribution in [0.1, 0.15) is 36.5 Å². The Kier molecular flexibility index (Phi) is 12.6. The quantitative estimate of drug-likeness (QED) is 0.0482. The highest BCUT2D eigenvalue weighted by Gasteiger charge is 2.48. The van der Waals surface area contributed by atoms with Gasteiger partial charge >= 0.3 is 5.97 Å². The van der Waals surface area contributed by atoms with Crippen molar-refractivity contribution in [3.63, 3.8) is 0 Å². The van der Waals surface area contributed by atoms with Crippen molar-refractivity contribution in [2.75, 3.05) is 6.54 Å². The van der Waals surface area contributed by atoms with E-state index in [0.717, 1.165) is 0 Å². The molecule has 0 saturated heterocycles. The fourth-order valence-corrected chi connectivity index (χ4v) is 11.9. The van der Waals surface area contributed by atoms with Crippen molar-refractivity contribution in [3.8, 4) is 0 Å². The Morgan fingerprint density at radius 1 is 0.694 bits per heavy atom. The number of amides is 1. The Labute approximate surface area is 412 Å². The number of carboxylic acid groups (broad SMARTS) is 1. The number of hydrogen-bond donors (Lipinski definition) is 5. The molecule has 370 valence electrons. The molecule has 0 bridgehead atoms. The summed E-state index contributed by atoms with van der Waals surface area (Å²) in [7, 11) is -18.7. The zero-order chi connectivity index (χ0) is 51.7. The molecule has 18 nitrogen and oxygen atoms in total. The van der Waals surface area contributed by atoms with Gasteiger partial charge in [-0.15, -0.1) is 0 Å². The summed E-state index contributed by atoms with van der Waals surface area (Å²) in [5.74, 6) is -2.17. The summed E-state index contributed by atoms with van der Waals surface area (Å²) < 4.78 is 143. The molecule has 1 amide bonds. The number of hydrogen-bond acceptors (Lipinski definition) is 11. The van der Waals surface area contributed by atoms with Gasteiger partial charge in [0, 0.05) is 57.7 Å². The first-order valence-corrected chi connectivity index (χ1v) is 27.5. The van der Waals surface area contributed by atoms with Gasteiger partial charge in [0.1, 0.15) is 15.0 Å². The monoisotopic (exact) mass is 1050 g/mol. The first-order chi connectivity index (χ1) is 33.9. The van der Waals surface area contributed by atoms with Crippen LogP contribution in [-0.2, 0) is 63.2 Å². The number of nitrogens with one attached hydrogen (secondary N) is 1. The number of nitrogens with zero attached hydrogens (tertiary/aromatic N) is 2. The highest BCUT2D eigenvalue weighted by Crippen LogP contribution is 2.43. The lowest BCUT2D eigenvalue weighted by Crippen LogP contribution is -2.48. The van der Waals surface area contributed by atoms with E-state index < -0.39 is 62.7 Å². The normalized spacial score (nSPS) is 17.5. The molecule has 0 radical (unpaired) electrons. The number of carbonyl (C=O) groups is 2. The van der Waals surface area contributed by atoms with E-state index in [1.54, 1.807) is 66.1 Å².